The Balaban J connectivity index is 1.69. The number of pyridine rings is 1. The maximum Gasteiger partial charge on any atom is 0.303 e. The van der Waals surface area contributed by atoms with Gasteiger partial charge < -0.3 is 15.7 Å². The molecule has 0 radical (unpaired) electrons. The lowest BCUT2D eigenvalue weighted by Crippen LogP contribution is -2.54. The van der Waals surface area contributed by atoms with E-state index in [4.69, 9.17) is 5.11 Å². The van der Waals surface area contributed by atoms with Gasteiger partial charge in [-0.1, -0.05) is 60.7 Å². The fraction of sp³-hybridized carbons (Fsp3) is 0.259. The van der Waals surface area contributed by atoms with Crippen LogP contribution in [0.15, 0.2) is 79.0 Å². The molecule has 0 saturated carbocycles. The van der Waals surface area contributed by atoms with E-state index in [-0.39, 0.29) is 18.4 Å². The van der Waals surface area contributed by atoms with Crippen molar-refractivity contribution in [1.82, 2.24) is 15.6 Å². The van der Waals surface area contributed by atoms with Crippen molar-refractivity contribution in [2.24, 2.45) is 0 Å². The highest BCUT2D eigenvalue weighted by molar-refractivity contribution is 5.97. The molecule has 34 heavy (non-hydrogen) atoms. The molecular weight excluding hydrogens is 430 g/mol. The van der Waals surface area contributed by atoms with Crippen LogP contribution in [0.1, 0.15) is 42.6 Å². The van der Waals surface area contributed by atoms with Crippen molar-refractivity contribution in [2.75, 3.05) is 0 Å². The van der Waals surface area contributed by atoms with Crippen LogP contribution in [0.25, 0.3) is 11.3 Å². The van der Waals surface area contributed by atoms with Crippen LogP contribution in [0.5, 0.6) is 0 Å². The Morgan fingerprint density at radius 2 is 1.59 bits per heavy atom. The van der Waals surface area contributed by atoms with Crippen LogP contribution in [-0.4, -0.2) is 39.5 Å². The van der Waals surface area contributed by atoms with E-state index < -0.39 is 29.4 Å². The Morgan fingerprint density at radius 1 is 0.941 bits per heavy atom. The highest BCUT2D eigenvalue weighted by Crippen LogP contribution is 2.17. The number of rotatable bonds is 10. The van der Waals surface area contributed by atoms with E-state index in [2.05, 4.69) is 15.6 Å². The minimum absolute atomic E-state index is 0.0240. The van der Waals surface area contributed by atoms with E-state index in [0.717, 1.165) is 16.8 Å². The molecule has 0 aliphatic carbocycles. The average molecular weight is 460 g/mol. The van der Waals surface area contributed by atoms with Crippen molar-refractivity contribution >= 4 is 17.8 Å². The first-order valence-corrected chi connectivity index (χ1v) is 11.1. The van der Waals surface area contributed by atoms with E-state index in [1.807, 2.05) is 74.5 Å². The van der Waals surface area contributed by atoms with E-state index in [0.29, 0.717) is 6.42 Å². The highest BCUT2D eigenvalue weighted by atomic mass is 16.4. The first-order chi connectivity index (χ1) is 16.2. The predicted octanol–water partition coefficient (Wildman–Crippen LogP) is 3.85. The van der Waals surface area contributed by atoms with Crippen molar-refractivity contribution in [1.29, 1.82) is 0 Å². The summed E-state index contributed by atoms with van der Waals surface area (Å²) in [6.07, 6.45) is 1.76. The van der Waals surface area contributed by atoms with Crippen LogP contribution in [0.4, 0.5) is 0 Å². The van der Waals surface area contributed by atoms with Crippen molar-refractivity contribution in [3.8, 4) is 11.3 Å². The zero-order chi connectivity index (χ0) is 24.6. The van der Waals surface area contributed by atoms with Crippen LogP contribution < -0.4 is 10.6 Å². The summed E-state index contributed by atoms with van der Waals surface area (Å²) in [7, 11) is 0. The number of carboxylic acids is 1. The molecule has 7 nitrogen and oxygen atoms in total. The summed E-state index contributed by atoms with van der Waals surface area (Å²) in [5, 5.41) is 14.7. The second-order valence-electron chi connectivity index (χ2n) is 8.79. The van der Waals surface area contributed by atoms with Crippen LogP contribution in [-0.2, 0) is 16.0 Å². The number of nitrogens with one attached hydrogen (secondary N) is 2. The van der Waals surface area contributed by atoms with Crippen molar-refractivity contribution < 1.29 is 19.5 Å². The number of carbonyl (C=O) groups excluding carboxylic acids is 2. The summed E-state index contributed by atoms with van der Waals surface area (Å²) in [5.74, 6) is -1.95. The SMILES string of the molecule is CC(C)(Cc1ccccc1)NC(=O)[C@H](CCC(=O)O)NC(=O)c1ccc(-c2ccccc2)nc1. The van der Waals surface area contributed by atoms with Crippen molar-refractivity contribution in [3.05, 3.63) is 90.1 Å². The lowest BCUT2D eigenvalue weighted by Gasteiger charge is -2.29. The number of carboxylic acid groups (broad SMARTS) is 1. The number of benzene rings is 2. The molecule has 3 aromatic rings. The number of nitrogens with zero attached hydrogens (tertiary/aromatic N) is 1. The number of aliphatic carboxylic acids is 1. The van der Waals surface area contributed by atoms with Gasteiger partial charge in [0, 0.05) is 23.7 Å². The Hall–Kier alpha value is -4.00. The fourth-order valence-electron chi connectivity index (χ4n) is 3.66. The third-order valence-corrected chi connectivity index (χ3v) is 5.31. The van der Waals surface area contributed by atoms with Gasteiger partial charge in [0.15, 0.2) is 0 Å². The van der Waals surface area contributed by atoms with Gasteiger partial charge in [0.25, 0.3) is 5.91 Å². The fourth-order valence-corrected chi connectivity index (χ4v) is 3.66. The molecule has 176 valence electrons. The van der Waals surface area contributed by atoms with Gasteiger partial charge in [-0.2, -0.15) is 0 Å². The van der Waals surface area contributed by atoms with E-state index in [9.17, 15) is 14.4 Å². The maximum atomic E-state index is 13.0. The minimum atomic E-state index is -1.04. The molecule has 0 aliphatic rings. The van der Waals surface area contributed by atoms with Crippen molar-refractivity contribution in [3.63, 3.8) is 0 Å². The second-order valence-corrected chi connectivity index (χ2v) is 8.79. The Labute approximate surface area is 199 Å². The predicted molar refractivity (Wildman–Crippen MR) is 130 cm³/mol. The summed E-state index contributed by atoms with van der Waals surface area (Å²) in [5.41, 5.74) is 2.40. The number of hydrogen-bond acceptors (Lipinski definition) is 4. The van der Waals surface area contributed by atoms with Crippen molar-refractivity contribution in [2.45, 2.75) is 44.7 Å². The quantitative estimate of drug-likeness (QED) is 0.427. The second kappa shape index (κ2) is 11.2. The van der Waals surface area contributed by atoms with Crippen LogP contribution in [0.3, 0.4) is 0 Å². The molecule has 0 spiro atoms. The van der Waals surface area contributed by atoms with Gasteiger partial charge in [-0.15, -0.1) is 0 Å². The number of hydrogen-bond donors (Lipinski definition) is 3. The monoisotopic (exact) mass is 459 g/mol. The third kappa shape index (κ3) is 7.27. The first-order valence-electron chi connectivity index (χ1n) is 11.1. The molecule has 0 saturated heterocycles. The largest absolute Gasteiger partial charge is 0.481 e. The lowest BCUT2D eigenvalue weighted by molar-refractivity contribution is -0.137. The first kappa shape index (κ1) is 24.6. The van der Waals surface area contributed by atoms with Crippen LogP contribution in [0.2, 0.25) is 0 Å². The molecule has 1 heterocycles. The molecule has 0 bridgehead atoms. The van der Waals surface area contributed by atoms with E-state index in [1.54, 1.807) is 12.1 Å². The summed E-state index contributed by atoms with van der Waals surface area (Å²) >= 11 is 0. The van der Waals surface area contributed by atoms with Gasteiger partial charge in [-0.05, 0) is 44.4 Å². The highest BCUT2D eigenvalue weighted by Gasteiger charge is 2.28. The van der Waals surface area contributed by atoms with Gasteiger partial charge >= 0.3 is 5.97 Å². The molecule has 0 fully saturated rings. The van der Waals surface area contributed by atoms with Gasteiger partial charge in [-0.25, -0.2) is 0 Å². The molecule has 3 rings (SSSR count). The molecule has 1 atom stereocenters. The van der Waals surface area contributed by atoms with Crippen LogP contribution >= 0.6 is 0 Å². The maximum absolute atomic E-state index is 13.0. The van der Waals surface area contributed by atoms with Gasteiger partial charge in [0.05, 0.1) is 11.3 Å². The molecule has 2 amide bonds. The molecule has 0 aliphatic heterocycles. The summed E-state index contributed by atoms with van der Waals surface area (Å²) in [6.45, 7) is 3.78. The smallest absolute Gasteiger partial charge is 0.303 e. The van der Waals surface area contributed by atoms with Gasteiger partial charge in [0.2, 0.25) is 5.91 Å². The average Bonchev–Trinajstić information content (AvgIpc) is 2.82. The third-order valence-electron chi connectivity index (χ3n) is 5.31. The summed E-state index contributed by atoms with van der Waals surface area (Å²) in [6, 6.07) is 21.7. The minimum Gasteiger partial charge on any atom is -0.481 e. The van der Waals surface area contributed by atoms with Crippen LogP contribution in [0, 0.1) is 0 Å². The van der Waals surface area contributed by atoms with Gasteiger partial charge in [-0.3, -0.25) is 19.4 Å². The molecule has 1 aromatic heterocycles. The Morgan fingerprint density at radius 3 is 2.18 bits per heavy atom. The standard InChI is InChI=1S/C27H29N3O4/c1-27(2,17-19-9-5-3-6-10-19)30-26(34)23(15-16-24(31)32)29-25(33)21-13-14-22(28-18-21)20-11-7-4-8-12-20/h3-14,18,23H,15-17H2,1-2H3,(H,29,33)(H,30,34)(H,31,32)/t23-/m0/s1. The number of amides is 2. The normalized spacial score (nSPS) is 11.9. The summed E-state index contributed by atoms with van der Waals surface area (Å²) in [4.78, 5) is 41.3. The zero-order valence-electron chi connectivity index (χ0n) is 19.3. The number of aromatic nitrogens is 1. The molecule has 2 aromatic carbocycles. The zero-order valence-corrected chi connectivity index (χ0v) is 19.3. The lowest BCUT2D eigenvalue weighted by atomic mass is 9.94. The molecule has 0 unspecified atom stereocenters. The Kier molecular flexibility index (Phi) is 8.14. The van der Waals surface area contributed by atoms with Gasteiger partial charge in [0.1, 0.15) is 6.04 Å². The topological polar surface area (TPSA) is 108 Å². The molecule has 7 heteroatoms. The molecule has 3 N–H and O–H groups in total. The van der Waals surface area contributed by atoms with E-state index in [1.165, 1.54) is 6.20 Å². The summed E-state index contributed by atoms with van der Waals surface area (Å²) < 4.78 is 0. The Bertz CT molecular complexity index is 1110. The number of carbonyl (C=O) groups is 3. The molecular formula is C27H29N3O4. The van der Waals surface area contributed by atoms with E-state index >= 15 is 0 Å².